The van der Waals surface area contributed by atoms with Gasteiger partial charge in [-0.05, 0) is 35.9 Å². The molecule has 0 atom stereocenters. The van der Waals surface area contributed by atoms with E-state index in [0.29, 0.717) is 16.8 Å². The third-order valence-electron chi connectivity index (χ3n) is 3.42. The van der Waals surface area contributed by atoms with E-state index in [4.69, 9.17) is 0 Å². The number of nitrogens with zero attached hydrogens (tertiary/aromatic N) is 1. The second-order valence-electron chi connectivity index (χ2n) is 5.15. The number of hydrogen-bond acceptors (Lipinski definition) is 3. The number of pyridine rings is 1. The maximum absolute atomic E-state index is 12.1. The summed E-state index contributed by atoms with van der Waals surface area (Å²) < 4.78 is 28.5. The highest BCUT2D eigenvalue weighted by atomic mass is 19.3. The number of halogens is 2. The predicted molar refractivity (Wildman–Crippen MR) is 92.5 cm³/mol. The van der Waals surface area contributed by atoms with E-state index >= 15 is 0 Å². The Hall–Kier alpha value is -3.28. The molecular weight excluding hydrogens is 326 g/mol. The summed E-state index contributed by atoms with van der Waals surface area (Å²) in [5.74, 6) is -0.246. The van der Waals surface area contributed by atoms with Crippen LogP contribution in [0.4, 0.5) is 14.5 Å². The minimum absolute atomic E-state index is 0.0680. The number of amides is 1. The Morgan fingerprint density at radius 2 is 1.84 bits per heavy atom. The van der Waals surface area contributed by atoms with E-state index in [2.05, 4.69) is 15.0 Å². The van der Waals surface area contributed by atoms with Gasteiger partial charge in [-0.2, -0.15) is 8.78 Å². The Labute approximate surface area is 142 Å². The van der Waals surface area contributed by atoms with Crippen LogP contribution in [-0.4, -0.2) is 17.5 Å². The van der Waals surface area contributed by atoms with Crippen LogP contribution in [0.25, 0.3) is 17.0 Å². The first-order valence-corrected chi connectivity index (χ1v) is 7.49. The summed E-state index contributed by atoms with van der Waals surface area (Å²) in [5, 5.41) is 3.71. The highest BCUT2D eigenvalue weighted by molar-refractivity contribution is 6.06. The average Bonchev–Trinajstić information content (AvgIpc) is 2.61. The SMILES string of the molecule is O=C(/C=C/c1ccc(OC(F)F)cc1)Nc1cccc2cccnc12. The number of nitrogens with one attached hydrogen (secondary N) is 1. The van der Waals surface area contributed by atoms with Crippen molar-refractivity contribution in [3.8, 4) is 5.75 Å². The quantitative estimate of drug-likeness (QED) is 0.696. The van der Waals surface area contributed by atoms with Gasteiger partial charge in [0.25, 0.3) is 0 Å². The summed E-state index contributed by atoms with van der Waals surface area (Å²) in [6.45, 7) is -2.86. The standard InChI is InChI=1S/C19H14F2N2O2/c20-19(21)25-15-9-6-13(7-10-15)8-11-17(24)23-16-5-1-3-14-4-2-12-22-18(14)16/h1-12,19H,(H,23,24)/b11-8+. The van der Waals surface area contributed by atoms with Crippen molar-refractivity contribution in [1.29, 1.82) is 0 Å². The zero-order chi connectivity index (χ0) is 17.6. The third-order valence-corrected chi connectivity index (χ3v) is 3.42. The van der Waals surface area contributed by atoms with Gasteiger partial charge in [0.15, 0.2) is 0 Å². The number of fused-ring (bicyclic) bond motifs is 1. The van der Waals surface area contributed by atoms with Gasteiger partial charge in [-0.25, -0.2) is 0 Å². The van der Waals surface area contributed by atoms with E-state index in [9.17, 15) is 13.6 Å². The number of carbonyl (C=O) groups excluding carboxylic acids is 1. The number of hydrogen-bond donors (Lipinski definition) is 1. The molecular formula is C19H14F2N2O2. The van der Waals surface area contributed by atoms with E-state index in [0.717, 1.165) is 5.39 Å². The van der Waals surface area contributed by atoms with Crippen molar-refractivity contribution in [2.24, 2.45) is 0 Å². The Morgan fingerprint density at radius 1 is 1.08 bits per heavy atom. The van der Waals surface area contributed by atoms with Gasteiger partial charge in [0, 0.05) is 17.7 Å². The molecule has 6 heteroatoms. The van der Waals surface area contributed by atoms with Crippen molar-refractivity contribution >= 4 is 28.6 Å². The molecule has 2 aromatic carbocycles. The average molecular weight is 340 g/mol. The second-order valence-corrected chi connectivity index (χ2v) is 5.15. The molecule has 0 spiro atoms. The van der Waals surface area contributed by atoms with Crippen molar-refractivity contribution < 1.29 is 18.3 Å². The molecule has 0 aliphatic rings. The number of para-hydroxylation sites is 1. The molecule has 0 unspecified atom stereocenters. The molecule has 0 saturated heterocycles. The highest BCUT2D eigenvalue weighted by Gasteiger charge is 2.05. The molecule has 3 rings (SSSR count). The van der Waals surface area contributed by atoms with Crippen LogP contribution in [0.5, 0.6) is 5.75 Å². The van der Waals surface area contributed by atoms with E-state index in [1.54, 1.807) is 30.5 Å². The van der Waals surface area contributed by atoms with E-state index in [1.165, 1.54) is 18.2 Å². The van der Waals surface area contributed by atoms with Crippen molar-refractivity contribution in [2.75, 3.05) is 5.32 Å². The lowest BCUT2D eigenvalue weighted by Crippen LogP contribution is -2.08. The van der Waals surface area contributed by atoms with Crippen LogP contribution in [0.2, 0.25) is 0 Å². The van der Waals surface area contributed by atoms with Gasteiger partial charge in [-0.15, -0.1) is 0 Å². The Kier molecular flexibility index (Phi) is 4.99. The van der Waals surface area contributed by atoms with E-state index in [-0.39, 0.29) is 11.7 Å². The molecule has 3 aromatic rings. The lowest BCUT2D eigenvalue weighted by atomic mass is 10.2. The largest absolute Gasteiger partial charge is 0.435 e. The first-order valence-electron chi connectivity index (χ1n) is 7.49. The minimum atomic E-state index is -2.86. The molecule has 25 heavy (non-hydrogen) atoms. The van der Waals surface area contributed by atoms with Crippen LogP contribution in [0.3, 0.4) is 0 Å². The molecule has 1 amide bonds. The second kappa shape index (κ2) is 7.53. The molecule has 0 radical (unpaired) electrons. The van der Waals surface area contributed by atoms with Crippen LogP contribution in [0.15, 0.2) is 66.9 Å². The molecule has 1 aromatic heterocycles. The first-order chi connectivity index (χ1) is 12.1. The Balaban J connectivity index is 1.68. The van der Waals surface area contributed by atoms with Gasteiger partial charge in [0.2, 0.25) is 5.91 Å². The number of rotatable bonds is 5. The molecule has 0 aliphatic heterocycles. The van der Waals surface area contributed by atoms with Gasteiger partial charge in [-0.1, -0.05) is 30.3 Å². The number of aromatic nitrogens is 1. The smallest absolute Gasteiger partial charge is 0.387 e. The first kappa shape index (κ1) is 16.6. The van der Waals surface area contributed by atoms with Crippen molar-refractivity contribution in [3.05, 3.63) is 72.4 Å². The monoisotopic (exact) mass is 340 g/mol. The number of carbonyl (C=O) groups is 1. The fourth-order valence-electron chi connectivity index (χ4n) is 2.31. The van der Waals surface area contributed by atoms with Crippen LogP contribution >= 0.6 is 0 Å². The fourth-order valence-corrected chi connectivity index (χ4v) is 2.31. The maximum Gasteiger partial charge on any atom is 0.387 e. The molecule has 0 fully saturated rings. The summed E-state index contributed by atoms with van der Waals surface area (Å²) >= 11 is 0. The summed E-state index contributed by atoms with van der Waals surface area (Å²) in [7, 11) is 0. The summed E-state index contributed by atoms with van der Waals surface area (Å²) in [4.78, 5) is 16.4. The molecule has 1 heterocycles. The van der Waals surface area contributed by atoms with Gasteiger partial charge < -0.3 is 10.1 Å². The van der Waals surface area contributed by atoms with Gasteiger partial charge >= 0.3 is 6.61 Å². The number of ether oxygens (including phenoxy) is 1. The maximum atomic E-state index is 12.1. The zero-order valence-electron chi connectivity index (χ0n) is 13.0. The van der Waals surface area contributed by atoms with Crippen LogP contribution < -0.4 is 10.1 Å². The fraction of sp³-hybridized carbons (Fsp3) is 0.0526. The summed E-state index contributed by atoms with van der Waals surface area (Å²) in [6, 6.07) is 15.3. The van der Waals surface area contributed by atoms with Crippen molar-refractivity contribution in [1.82, 2.24) is 4.98 Å². The molecule has 4 nitrogen and oxygen atoms in total. The Bertz CT molecular complexity index is 903. The summed E-state index contributed by atoms with van der Waals surface area (Å²) in [5.41, 5.74) is 2.02. The Morgan fingerprint density at radius 3 is 2.60 bits per heavy atom. The highest BCUT2D eigenvalue weighted by Crippen LogP contribution is 2.20. The van der Waals surface area contributed by atoms with Crippen LogP contribution in [0, 0.1) is 0 Å². The number of benzene rings is 2. The molecule has 0 saturated carbocycles. The van der Waals surface area contributed by atoms with Crippen molar-refractivity contribution in [2.45, 2.75) is 6.61 Å². The third kappa shape index (κ3) is 4.38. The van der Waals surface area contributed by atoms with E-state index in [1.807, 2.05) is 24.3 Å². The number of anilines is 1. The van der Waals surface area contributed by atoms with Gasteiger partial charge in [-0.3, -0.25) is 9.78 Å². The van der Waals surface area contributed by atoms with Crippen LogP contribution in [0.1, 0.15) is 5.56 Å². The zero-order valence-corrected chi connectivity index (χ0v) is 13.0. The minimum Gasteiger partial charge on any atom is -0.435 e. The molecule has 1 N–H and O–H groups in total. The van der Waals surface area contributed by atoms with Crippen molar-refractivity contribution in [3.63, 3.8) is 0 Å². The lowest BCUT2D eigenvalue weighted by molar-refractivity contribution is -0.111. The van der Waals surface area contributed by atoms with Gasteiger partial charge in [0.1, 0.15) is 5.75 Å². The lowest BCUT2D eigenvalue weighted by Gasteiger charge is -2.06. The van der Waals surface area contributed by atoms with Gasteiger partial charge in [0.05, 0.1) is 11.2 Å². The molecule has 0 bridgehead atoms. The number of alkyl halides is 2. The van der Waals surface area contributed by atoms with Crippen LogP contribution in [-0.2, 0) is 4.79 Å². The summed E-state index contributed by atoms with van der Waals surface area (Å²) in [6.07, 6.45) is 4.61. The predicted octanol–water partition coefficient (Wildman–Crippen LogP) is 4.49. The van der Waals surface area contributed by atoms with E-state index < -0.39 is 6.61 Å². The molecule has 0 aliphatic carbocycles. The normalized spacial score (nSPS) is 11.2. The molecule has 126 valence electrons. The topological polar surface area (TPSA) is 51.2 Å².